The van der Waals surface area contributed by atoms with Crippen molar-refractivity contribution in [3.8, 4) is 0 Å². The van der Waals surface area contributed by atoms with Crippen LogP contribution in [0.5, 0.6) is 0 Å². The van der Waals surface area contributed by atoms with Gasteiger partial charge in [-0.1, -0.05) is 5.16 Å². The Kier molecular flexibility index (Phi) is 2.28. The Bertz CT molecular complexity index is 328. The van der Waals surface area contributed by atoms with Crippen LogP contribution in [0.4, 0.5) is 0 Å². The van der Waals surface area contributed by atoms with E-state index in [-0.39, 0.29) is 16.9 Å². The van der Waals surface area contributed by atoms with Crippen molar-refractivity contribution in [2.24, 2.45) is 22.4 Å². The molecule has 3 nitrogen and oxygen atoms in total. The fourth-order valence-corrected chi connectivity index (χ4v) is 5.49. The molecule has 0 heterocycles. The highest BCUT2D eigenvalue weighted by Crippen LogP contribution is 2.64. The summed E-state index contributed by atoms with van der Waals surface area (Å²) < 4.78 is 0. The van der Waals surface area contributed by atoms with Crippen LogP contribution in [0.3, 0.4) is 0 Å². The molecule has 4 saturated carbocycles. The molecule has 16 heavy (non-hydrogen) atoms. The van der Waals surface area contributed by atoms with Gasteiger partial charge in [0.1, 0.15) is 0 Å². The first-order valence-corrected chi connectivity index (χ1v) is 6.48. The average molecular weight is 244 g/mol. The minimum absolute atomic E-state index is 0.0881. The SMILES string of the molecule is OC/C(=N/O)C12C[C@@H]3C[C@@H](CC(Cl)(C3)C1)C2. The summed E-state index contributed by atoms with van der Waals surface area (Å²) in [5, 5.41) is 21.7. The number of nitrogens with zero attached hydrogens (tertiary/aromatic N) is 1. The lowest BCUT2D eigenvalue weighted by Crippen LogP contribution is -2.56. The maximum atomic E-state index is 9.34. The van der Waals surface area contributed by atoms with Crippen LogP contribution < -0.4 is 0 Å². The van der Waals surface area contributed by atoms with Crippen molar-refractivity contribution in [1.82, 2.24) is 0 Å². The number of aliphatic hydroxyl groups is 1. The molecule has 0 aromatic carbocycles. The zero-order valence-corrected chi connectivity index (χ0v) is 10.1. The Morgan fingerprint density at radius 3 is 2.31 bits per heavy atom. The molecule has 0 saturated heterocycles. The molecule has 4 bridgehead atoms. The number of oxime groups is 1. The lowest BCUT2D eigenvalue weighted by molar-refractivity contribution is -0.00240. The molecule has 4 heteroatoms. The summed E-state index contributed by atoms with van der Waals surface area (Å²) in [5.74, 6) is 1.34. The van der Waals surface area contributed by atoms with Crippen LogP contribution in [0, 0.1) is 17.3 Å². The predicted molar refractivity (Wildman–Crippen MR) is 62.0 cm³/mol. The van der Waals surface area contributed by atoms with E-state index in [0.29, 0.717) is 17.5 Å². The van der Waals surface area contributed by atoms with Gasteiger partial charge in [-0.3, -0.25) is 0 Å². The number of hydrogen-bond acceptors (Lipinski definition) is 3. The highest BCUT2D eigenvalue weighted by Gasteiger charge is 2.58. The first-order chi connectivity index (χ1) is 7.59. The van der Waals surface area contributed by atoms with Gasteiger partial charge in [-0.25, -0.2) is 0 Å². The van der Waals surface area contributed by atoms with Crippen LogP contribution in [0.25, 0.3) is 0 Å². The van der Waals surface area contributed by atoms with Crippen molar-refractivity contribution >= 4 is 17.3 Å². The van der Waals surface area contributed by atoms with E-state index in [1.54, 1.807) is 0 Å². The number of hydrogen-bond donors (Lipinski definition) is 2. The molecule has 0 aromatic rings. The van der Waals surface area contributed by atoms with Crippen molar-refractivity contribution in [2.75, 3.05) is 6.61 Å². The Morgan fingerprint density at radius 1 is 1.25 bits per heavy atom. The summed E-state index contributed by atoms with van der Waals surface area (Å²) in [7, 11) is 0. The molecule has 4 rings (SSSR count). The van der Waals surface area contributed by atoms with Gasteiger partial charge in [0.2, 0.25) is 0 Å². The smallest absolute Gasteiger partial charge is 0.0886 e. The molecule has 90 valence electrons. The van der Waals surface area contributed by atoms with Crippen molar-refractivity contribution in [3.05, 3.63) is 0 Å². The van der Waals surface area contributed by atoms with Crippen LogP contribution in [-0.4, -0.2) is 27.5 Å². The van der Waals surface area contributed by atoms with Crippen molar-refractivity contribution in [2.45, 2.75) is 43.4 Å². The third kappa shape index (κ3) is 1.41. The van der Waals surface area contributed by atoms with E-state index >= 15 is 0 Å². The molecule has 4 aliphatic rings. The summed E-state index contributed by atoms with van der Waals surface area (Å²) in [6.07, 6.45) is 6.48. The van der Waals surface area contributed by atoms with Gasteiger partial charge in [0, 0.05) is 10.3 Å². The fraction of sp³-hybridized carbons (Fsp3) is 0.917. The summed E-state index contributed by atoms with van der Waals surface area (Å²) in [6.45, 7) is -0.136. The second kappa shape index (κ2) is 3.36. The van der Waals surface area contributed by atoms with Crippen LogP contribution in [0.1, 0.15) is 38.5 Å². The minimum Gasteiger partial charge on any atom is -0.411 e. The lowest BCUT2D eigenvalue weighted by atomic mass is 9.48. The van der Waals surface area contributed by atoms with Gasteiger partial charge in [0.05, 0.1) is 12.3 Å². The van der Waals surface area contributed by atoms with E-state index in [1.807, 2.05) is 0 Å². The van der Waals surface area contributed by atoms with Crippen LogP contribution in [-0.2, 0) is 0 Å². The number of halogens is 1. The van der Waals surface area contributed by atoms with Crippen LogP contribution in [0.15, 0.2) is 5.16 Å². The standard InChI is InChI=1S/C12H18ClNO2/c13-12-4-8-1-9(5-12)3-11(2-8,7-12)10(6-15)14-16/h8-9,15-16H,1-7H2/b14-10-/t8-,9+,11?,12?. The van der Waals surface area contributed by atoms with E-state index in [1.165, 1.54) is 6.42 Å². The largest absolute Gasteiger partial charge is 0.411 e. The summed E-state index contributed by atoms with van der Waals surface area (Å²) >= 11 is 6.66. The second-order valence-electron chi connectivity index (χ2n) is 6.10. The molecule has 4 atom stereocenters. The van der Waals surface area contributed by atoms with Gasteiger partial charge >= 0.3 is 0 Å². The Hall–Kier alpha value is -0.280. The fourth-order valence-electron chi connectivity index (χ4n) is 4.79. The zero-order chi connectivity index (χ0) is 11.4. The molecule has 2 N–H and O–H groups in total. The molecule has 4 fully saturated rings. The molecule has 0 amide bonds. The van der Waals surface area contributed by atoms with Crippen LogP contribution in [0.2, 0.25) is 0 Å². The third-order valence-corrected chi connectivity index (χ3v) is 5.31. The zero-order valence-electron chi connectivity index (χ0n) is 9.32. The summed E-state index contributed by atoms with van der Waals surface area (Å²) in [6, 6.07) is 0. The van der Waals surface area contributed by atoms with Crippen LogP contribution >= 0.6 is 11.6 Å². The van der Waals surface area contributed by atoms with Gasteiger partial charge in [-0.2, -0.15) is 0 Å². The monoisotopic (exact) mass is 243 g/mol. The first kappa shape index (κ1) is 10.8. The van der Waals surface area contributed by atoms with Crippen molar-refractivity contribution < 1.29 is 10.3 Å². The average Bonchev–Trinajstić information content (AvgIpc) is 2.14. The van der Waals surface area contributed by atoms with Gasteiger partial charge in [0.15, 0.2) is 0 Å². The van der Waals surface area contributed by atoms with E-state index < -0.39 is 0 Å². The number of aliphatic hydroxyl groups excluding tert-OH is 1. The van der Waals surface area contributed by atoms with E-state index in [0.717, 1.165) is 32.1 Å². The van der Waals surface area contributed by atoms with E-state index in [2.05, 4.69) is 5.16 Å². The third-order valence-electron chi connectivity index (χ3n) is 4.87. The molecule has 4 aliphatic carbocycles. The van der Waals surface area contributed by atoms with Crippen molar-refractivity contribution in [1.29, 1.82) is 0 Å². The molecule has 0 radical (unpaired) electrons. The number of rotatable bonds is 2. The maximum absolute atomic E-state index is 9.34. The topological polar surface area (TPSA) is 52.8 Å². The summed E-state index contributed by atoms with van der Waals surface area (Å²) in [4.78, 5) is -0.0881. The molecular formula is C12H18ClNO2. The highest BCUT2D eigenvalue weighted by atomic mass is 35.5. The lowest BCUT2D eigenvalue weighted by Gasteiger charge is -2.59. The highest BCUT2D eigenvalue weighted by molar-refractivity contribution is 6.24. The van der Waals surface area contributed by atoms with E-state index in [9.17, 15) is 5.11 Å². The number of alkyl halides is 1. The second-order valence-corrected chi connectivity index (χ2v) is 6.90. The Morgan fingerprint density at radius 2 is 1.88 bits per heavy atom. The minimum atomic E-state index is -0.136. The van der Waals surface area contributed by atoms with E-state index in [4.69, 9.17) is 16.8 Å². The molecular weight excluding hydrogens is 226 g/mol. The molecule has 2 unspecified atom stereocenters. The Balaban J connectivity index is 1.97. The molecule has 0 aliphatic heterocycles. The first-order valence-electron chi connectivity index (χ1n) is 6.10. The van der Waals surface area contributed by atoms with Gasteiger partial charge in [-0.05, 0) is 50.4 Å². The normalized spacial score (nSPS) is 51.0. The van der Waals surface area contributed by atoms with Crippen molar-refractivity contribution in [3.63, 3.8) is 0 Å². The molecule has 0 aromatic heterocycles. The molecule has 0 spiro atoms. The summed E-state index contributed by atoms with van der Waals surface area (Å²) in [5.41, 5.74) is 0.460. The maximum Gasteiger partial charge on any atom is 0.0886 e. The van der Waals surface area contributed by atoms with Gasteiger partial charge < -0.3 is 10.3 Å². The van der Waals surface area contributed by atoms with Gasteiger partial charge in [0.25, 0.3) is 0 Å². The quantitative estimate of drug-likeness (QED) is 0.339. The Labute approximate surface area is 100 Å². The van der Waals surface area contributed by atoms with Gasteiger partial charge in [-0.15, -0.1) is 11.6 Å². The predicted octanol–water partition coefficient (Wildman–Crippen LogP) is 2.39.